The molecule has 4 heteroatoms. The highest BCUT2D eigenvalue weighted by Gasteiger charge is 2.30. The highest BCUT2D eigenvalue weighted by Crippen LogP contribution is 2.10. The Morgan fingerprint density at radius 1 is 1.53 bits per heavy atom. The van der Waals surface area contributed by atoms with E-state index in [0.29, 0.717) is 12.3 Å². The van der Waals surface area contributed by atoms with Crippen LogP contribution in [0.15, 0.2) is 0 Å². The molecule has 0 aromatic heterocycles. The highest BCUT2D eigenvalue weighted by molar-refractivity contribution is 5.78. The molecule has 0 spiro atoms. The van der Waals surface area contributed by atoms with Gasteiger partial charge in [-0.2, -0.15) is 0 Å². The summed E-state index contributed by atoms with van der Waals surface area (Å²) in [5, 5.41) is 11.9. The van der Waals surface area contributed by atoms with Gasteiger partial charge in [-0.1, -0.05) is 13.8 Å². The Balaban J connectivity index is 4.06. The lowest BCUT2D eigenvalue weighted by Gasteiger charge is -2.27. The maximum Gasteiger partial charge on any atom is 0.323 e. The van der Waals surface area contributed by atoms with Crippen molar-refractivity contribution in [2.75, 3.05) is 27.2 Å². The summed E-state index contributed by atoms with van der Waals surface area (Å²) >= 11 is 0. The van der Waals surface area contributed by atoms with Gasteiger partial charge in [-0.15, -0.1) is 0 Å². The van der Waals surface area contributed by atoms with Crippen LogP contribution in [-0.2, 0) is 4.79 Å². The van der Waals surface area contributed by atoms with Gasteiger partial charge in [0, 0.05) is 13.1 Å². The van der Waals surface area contributed by atoms with Crippen molar-refractivity contribution in [1.29, 1.82) is 0 Å². The number of likely N-dealkylation sites (N-methyl/N-ethyl adjacent to an activating group) is 1. The largest absolute Gasteiger partial charge is 0.480 e. The van der Waals surface area contributed by atoms with E-state index >= 15 is 0 Å². The zero-order valence-corrected chi connectivity index (χ0v) is 10.5. The van der Waals surface area contributed by atoms with Gasteiger partial charge in [-0.25, -0.2) is 0 Å². The maximum absolute atomic E-state index is 11.0. The Morgan fingerprint density at radius 2 is 2.07 bits per heavy atom. The number of hydrogen-bond acceptors (Lipinski definition) is 3. The van der Waals surface area contributed by atoms with Gasteiger partial charge in [0.25, 0.3) is 0 Å². The minimum atomic E-state index is -0.814. The van der Waals surface area contributed by atoms with E-state index in [1.54, 1.807) is 14.0 Å². The van der Waals surface area contributed by atoms with Crippen LogP contribution in [0.1, 0.15) is 27.2 Å². The Hall–Kier alpha value is -0.610. The van der Waals surface area contributed by atoms with E-state index in [4.69, 9.17) is 5.11 Å². The van der Waals surface area contributed by atoms with E-state index in [1.165, 1.54) is 0 Å². The van der Waals surface area contributed by atoms with Crippen molar-refractivity contribution in [3.05, 3.63) is 0 Å². The normalized spacial score (nSPS) is 15.7. The third-order valence-electron chi connectivity index (χ3n) is 2.69. The van der Waals surface area contributed by atoms with Gasteiger partial charge in [0.05, 0.1) is 0 Å². The average Bonchev–Trinajstić information content (AvgIpc) is 2.12. The summed E-state index contributed by atoms with van der Waals surface area (Å²) in [5.74, 6) is -0.177. The SMILES string of the molecule is CNC(C)(CCN(C)CC(C)C)C(=O)O. The van der Waals surface area contributed by atoms with Crippen molar-refractivity contribution in [2.45, 2.75) is 32.7 Å². The Bertz CT molecular complexity index is 207. The zero-order chi connectivity index (χ0) is 12.1. The molecule has 0 aliphatic rings. The number of carboxylic acid groups (broad SMARTS) is 1. The smallest absolute Gasteiger partial charge is 0.323 e. The zero-order valence-electron chi connectivity index (χ0n) is 10.5. The first-order valence-corrected chi connectivity index (χ1v) is 5.42. The minimum Gasteiger partial charge on any atom is -0.480 e. The van der Waals surface area contributed by atoms with E-state index in [0.717, 1.165) is 13.1 Å². The van der Waals surface area contributed by atoms with Gasteiger partial charge >= 0.3 is 5.97 Å². The fourth-order valence-electron chi connectivity index (χ4n) is 1.47. The van der Waals surface area contributed by atoms with Crippen molar-refractivity contribution < 1.29 is 9.90 Å². The van der Waals surface area contributed by atoms with Crippen LogP contribution in [0.25, 0.3) is 0 Å². The number of aliphatic carboxylic acids is 1. The molecule has 0 saturated carbocycles. The van der Waals surface area contributed by atoms with Gasteiger partial charge in [-0.3, -0.25) is 4.79 Å². The molecule has 0 aromatic carbocycles. The number of rotatable bonds is 7. The minimum absolute atomic E-state index is 0.612. The van der Waals surface area contributed by atoms with Gasteiger partial charge in [0.2, 0.25) is 0 Å². The molecule has 0 saturated heterocycles. The maximum atomic E-state index is 11.0. The molecule has 0 amide bonds. The lowest BCUT2D eigenvalue weighted by molar-refractivity contribution is -0.144. The van der Waals surface area contributed by atoms with E-state index in [-0.39, 0.29) is 0 Å². The lowest BCUT2D eigenvalue weighted by atomic mass is 9.98. The summed E-state index contributed by atoms with van der Waals surface area (Å²) in [6, 6.07) is 0. The molecular formula is C11H24N2O2. The molecule has 0 aliphatic heterocycles. The molecule has 0 bridgehead atoms. The molecule has 4 nitrogen and oxygen atoms in total. The van der Waals surface area contributed by atoms with Crippen molar-refractivity contribution in [1.82, 2.24) is 10.2 Å². The molecule has 0 rings (SSSR count). The predicted octanol–water partition coefficient (Wildman–Crippen LogP) is 1.03. The molecule has 0 radical (unpaired) electrons. The Labute approximate surface area is 92.7 Å². The predicted molar refractivity (Wildman–Crippen MR) is 62.1 cm³/mol. The molecule has 2 N–H and O–H groups in total. The molecule has 15 heavy (non-hydrogen) atoms. The standard InChI is InChI=1S/C11H24N2O2/c1-9(2)8-13(5)7-6-11(3,12-4)10(14)15/h9,12H,6-8H2,1-5H3,(H,14,15). The number of carbonyl (C=O) groups is 1. The fourth-order valence-corrected chi connectivity index (χ4v) is 1.47. The van der Waals surface area contributed by atoms with Crippen LogP contribution in [0, 0.1) is 5.92 Å². The fraction of sp³-hybridized carbons (Fsp3) is 0.909. The van der Waals surface area contributed by atoms with Crippen LogP contribution in [-0.4, -0.2) is 48.7 Å². The molecule has 0 aromatic rings. The number of nitrogens with zero attached hydrogens (tertiary/aromatic N) is 1. The summed E-state index contributed by atoms with van der Waals surface area (Å²) < 4.78 is 0. The van der Waals surface area contributed by atoms with Gasteiger partial charge < -0.3 is 15.3 Å². The second kappa shape index (κ2) is 6.08. The van der Waals surface area contributed by atoms with Crippen LogP contribution >= 0.6 is 0 Å². The topological polar surface area (TPSA) is 52.6 Å². The molecule has 0 heterocycles. The summed E-state index contributed by atoms with van der Waals surface area (Å²) in [6.07, 6.45) is 0.613. The van der Waals surface area contributed by atoms with Crippen molar-refractivity contribution in [3.63, 3.8) is 0 Å². The number of hydrogen-bond donors (Lipinski definition) is 2. The second-order valence-electron chi connectivity index (χ2n) is 4.79. The van der Waals surface area contributed by atoms with Crippen molar-refractivity contribution in [3.8, 4) is 0 Å². The van der Waals surface area contributed by atoms with E-state index in [9.17, 15) is 4.79 Å². The van der Waals surface area contributed by atoms with Gasteiger partial charge in [0.1, 0.15) is 5.54 Å². The summed E-state index contributed by atoms with van der Waals surface area (Å²) in [5.41, 5.74) is -0.814. The quantitative estimate of drug-likeness (QED) is 0.667. The first-order chi connectivity index (χ1) is 6.81. The summed E-state index contributed by atoms with van der Waals surface area (Å²) in [6.45, 7) is 7.83. The van der Waals surface area contributed by atoms with Gasteiger partial charge in [0.15, 0.2) is 0 Å². The van der Waals surface area contributed by atoms with E-state index < -0.39 is 11.5 Å². The van der Waals surface area contributed by atoms with Crippen molar-refractivity contribution >= 4 is 5.97 Å². The van der Waals surface area contributed by atoms with Crippen LogP contribution in [0.5, 0.6) is 0 Å². The van der Waals surface area contributed by atoms with Crippen LogP contribution in [0.2, 0.25) is 0 Å². The molecule has 0 fully saturated rings. The number of nitrogens with one attached hydrogen (secondary N) is 1. The number of carboxylic acids is 1. The average molecular weight is 216 g/mol. The van der Waals surface area contributed by atoms with E-state index in [2.05, 4.69) is 24.1 Å². The molecule has 1 atom stereocenters. The third-order valence-corrected chi connectivity index (χ3v) is 2.69. The van der Waals surface area contributed by atoms with E-state index in [1.807, 2.05) is 7.05 Å². The Morgan fingerprint density at radius 3 is 2.40 bits per heavy atom. The molecule has 0 aliphatic carbocycles. The second-order valence-corrected chi connectivity index (χ2v) is 4.79. The van der Waals surface area contributed by atoms with Crippen molar-refractivity contribution in [2.24, 2.45) is 5.92 Å². The third kappa shape index (κ3) is 5.14. The first kappa shape index (κ1) is 14.4. The lowest BCUT2D eigenvalue weighted by Crippen LogP contribution is -2.49. The summed E-state index contributed by atoms with van der Waals surface area (Å²) in [4.78, 5) is 13.2. The molecular weight excluding hydrogens is 192 g/mol. The van der Waals surface area contributed by atoms with Crippen LogP contribution < -0.4 is 5.32 Å². The first-order valence-electron chi connectivity index (χ1n) is 5.42. The molecule has 90 valence electrons. The monoisotopic (exact) mass is 216 g/mol. The molecule has 1 unspecified atom stereocenters. The van der Waals surface area contributed by atoms with Gasteiger partial charge in [-0.05, 0) is 33.4 Å². The highest BCUT2D eigenvalue weighted by atomic mass is 16.4. The Kier molecular flexibility index (Phi) is 5.83. The van der Waals surface area contributed by atoms with Crippen LogP contribution in [0.3, 0.4) is 0 Å². The summed E-state index contributed by atoms with van der Waals surface area (Å²) in [7, 11) is 3.72. The van der Waals surface area contributed by atoms with Crippen LogP contribution in [0.4, 0.5) is 0 Å².